The summed E-state index contributed by atoms with van der Waals surface area (Å²) in [6.07, 6.45) is 7.28. The van der Waals surface area contributed by atoms with Gasteiger partial charge in [-0.2, -0.15) is 0 Å². The quantitative estimate of drug-likeness (QED) is 0.413. The SMILES string of the molecule is CCCN(CCC)c1nc2ccc(C)cn2c(=O)c1/C=C1\SC(=S)N(C[C@H]2CCCO2)C1=O. The predicted molar refractivity (Wildman–Crippen MR) is 138 cm³/mol. The summed E-state index contributed by atoms with van der Waals surface area (Å²) in [6.45, 7) is 8.90. The van der Waals surface area contributed by atoms with Crippen LogP contribution in [-0.2, 0) is 9.53 Å². The number of hydrogen-bond donors (Lipinski definition) is 0. The van der Waals surface area contributed by atoms with Crippen LogP contribution in [0.1, 0.15) is 50.7 Å². The smallest absolute Gasteiger partial charge is 0.267 e. The first-order chi connectivity index (χ1) is 15.9. The highest BCUT2D eigenvalue weighted by atomic mass is 32.2. The molecule has 0 saturated carbocycles. The Morgan fingerprint density at radius 2 is 2.03 bits per heavy atom. The lowest BCUT2D eigenvalue weighted by Crippen LogP contribution is -2.35. The lowest BCUT2D eigenvalue weighted by Gasteiger charge is -2.24. The highest BCUT2D eigenvalue weighted by Gasteiger charge is 2.35. The zero-order valence-corrected chi connectivity index (χ0v) is 21.0. The number of nitrogens with zero attached hydrogens (tertiary/aromatic N) is 4. The van der Waals surface area contributed by atoms with Gasteiger partial charge in [0.05, 0.1) is 23.1 Å². The van der Waals surface area contributed by atoms with Gasteiger partial charge in [0.1, 0.15) is 15.8 Å². The van der Waals surface area contributed by atoms with Crippen LogP contribution in [0.15, 0.2) is 28.0 Å². The summed E-state index contributed by atoms with van der Waals surface area (Å²) in [5, 5.41) is 0. The molecule has 0 N–H and O–H groups in total. The number of thioether (sulfide) groups is 1. The summed E-state index contributed by atoms with van der Waals surface area (Å²) in [7, 11) is 0. The fourth-order valence-electron chi connectivity index (χ4n) is 4.26. The third-order valence-corrected chi connectivity index (χ3v) is 7.21. The van der Waals surface area contributed by atoms with E-state index in [9.17, 15) is 9.59 Å². The van der Waals surface area contributed by atoms with Crippen LogP contribution in [0.2, 0.25) is 0 Å². The number of carbonyl (C=O) groups excluding carboxylic acids is 1. The molecule has 2 saturated heterocycles. The van der Waals surface area contributed by atoms with Gasteiger partial charge in [-0.3, -0.25) is 18.9 Å². The number of aryl methyl sites for hydroxylation is 1. The van der Waals surface area contributed by atoms with Gasteiger partial charge in [-0.25, -0.2) is 4.98 Å². The van der Waals surface area contributed by atoms with E-state index in [-0.39, 0.29) is 17.6 Å². The second-order valence-corrected chi connectivity index (χ2v) is 10.2. The van der Waals surface area contributed by atoms with E-state index in [2.05, 4.69) is 18.7 Å². The zero-order valence-electron chi connectivity index (χ0n) is 19.4. The van der Waals surface area contributed by atoms with Gasteiger partial charge in [-0.1, -0.05) is 43.9 Å². The molecule has 2 aromatic rings. The normalized spacial score (nSPS) is 19.9. The number of anilines is 1. The lowest BCUT2D eigenvalue weighted by atomic mass is 10.2. The molecule has 0 bridgehead atoms. The minimum atomic E-state index is -0.180. The van der Waals surface area contributed by atoms with Crippen molar-refractivity contribution in [2.24, 2.45) is 0 Å². The van der Waals surface area contributed by atoms with Crippen LogP contribution in [0.25, 0.3) is 11.7 Å². The number of aromatic nitrogens is 2. The third-order valence-electron chi connectivity index (χ3n) is 5.83. The maximum Gasteiger partial charge on any atom is 0.267 e. The van der Waals surface area contributed by atoms with Gasteiger partial charge in [0.2, 0.25) is 0 Å². The molecule has 4 rings (SSSR count). The van der Waals surface area contributed by atoms with Gasteiger partial charge in [-0.05, 0) is 50.3 Å². The average Bonchev–Trinajstić information content (AvgIpc) is 3.40. The van der Waals surface area contributed by atoms with Gasteiger partial charge in [0.15, 0.2) is 0 Å². The van der Waals surface area contributed by atoms with E-state index < -0.39 is 0 Å². The molecule has 0 radical (unpaired) electrons. The number of amides is 1. The maximum atomic E-state index is 13.6. The molecule has 1 atom stereocenters. The zero-order chi connectivity index (χ0) is 23.5. The van der Waals surface area contributed by atoms with E-state index >= 15 is 0 Å². The summed E-state index contributed by atoms with van der Waals surface area (Å²) in [6, 6.07) is 3.81. The van der Waals surface area contributed by atoms with Crippen molar-refractivity contribution < 1.29 is 9.53 Å². The van der Waals surface area contributed by atoms with Crippen molar-refractivity contribution in [1.29, 1.82) is 0 Å². The molecule has 0 unspecified atom stereocenters. The minimum absolute atomic E-state index is 0.0166. The molecule has 9 heteroatoms. The van der Waals surface area contributed by atoms with E-state index in [0.29, 0.717) is 32.8 Å². The fourth-order valence-corrected chi connectivity index (χ4v) is 5.52. The van der Waals surface area contributed by atoms with Gasteiger partial charge in [0, 0.05) is 25.9 Å². The lowest BCUT2D eigenvalue weighted by molar-refractivity contribution is -0.123. The number of thiocarbonyl (C=S) groups is 1. The van der Waals surface area contributed by atoms with Gasteiger partial charge in [-0.15, -0.1) is 0 Å². The van der Waals surface area contributed by atoms with E-state index in [0.717, 1.165) is 50.9 Å². The Morgan fingerprint density at radius 3 is 2.70 bits per heavy atom. The van der Waals surface area contributed by atoms with Crippen LogP contribution in [0.4, 0.5) is 5.82 Å². The Bertz CT molecular complexity index is 1150. The Labute approximate surface area is 203 Å². The number of hydrogen-bond acceptors (Lipinski definition) is 7. The first kappa shape index (κ1) is 23.9. The first-order valence-corrected chi connectivity index (χ1v) is 12.8. The molecule has 0 aromatic carbocycles. The summed E-state index contributed by atoms with van der Waals surface area (Å²) in [5.74, 6) is 0.453. The molecular formula is C24H30N4O3S2. The topological polar surface area (TPSA) is 67.2 Å². The molecule has 7 nitrogen and oxygen atoms in total. The molecule has 176 valence electrons. The summed E-state index contributed by atoms with van der Waals surface area (Å²) in [5.41, 5.74) is 1.81. The van der Waals surface area contributed by atoms with Crippen LogP contribution in [0.3, 0.4) is 0 Å². The highest BCUT2D eigenvalue weighted by molar-refractivity contribution is 8.26. The van der Waals surface area contributed by atoms with Gasteiger partial charge in [0.25, 0.3) is 11.5 Å². The largest absolute Gasteiger partial charge is 0.376 e. The van der Waals surface area contributed by atoms with E-state index in [1.807, 2.05) is 19.1 Å². The number of fused-ring (bicyclic) bond motifs is 1. The minimum Gasteiger partial charge on any atom is -0.376 e. The van der Waals surface area contributed by atoms with Crippen LogP contribution >= 0.6 is 24.0 Å². The summed E-state index contributed by atoms with van der Waals surface area (Å²) < 4.78 is 7.77. The van der Waals surface area contributed by atoms with Crippen molar-refractivity contribution >= 4 is 51.7 Å². The van der Waals surface area contributed by atoms with Crippen molar-refractivity contribution in [3.05, 3.63) is 44.7 Å². The van der Waals surface area contributed by atoms with Crippen molar-refractivity contribution in [1.82, 2.24) is 14.3 Å². The second-order valence-electron chi connectivity index (χ2n) is 8.50. The van der Waals surface area contributed by atoms with Crippen LogP contribution in [0.5, 0.6) is 0 Å². The van der Waals surface area contributed by atoms with E-state index in [1.165, 1.54) is 11.8 Å². The van der Waals surface area contributed by atoms with Crippen LogP contribution in [-0.4, -0.2) is 56.9 Å². The van der Waals surface area contributed by atoms with Crippen LogP contribution < -0.4 is 10.5 Å². The molecule has 2 aromatic heterocycles. The van der Waals surface area contributed by atoms with Crippen molar-refractivity contribution in [2.45, 2.75) is 52.6 Å². The predicted octanol–water partition coefficient (Wildman–Crippen LogP) is 4.01. The highest BCUT2D eigenvalue weighted by Crippen LogP contribution is 2.34. The number of pyridine rings is 1. The molecule has 2 aliphatic rings. The Kier molecular flexibility index (Phi) is 7.51. The maximum absolute atomic E-state index is 13.6. The van der Waals surface area contributed by atoms with Crippen molar-refractivity contribution in [3.63, 3.8) is 0 Å². The molecule has 33 heavy (non-hydrogen) atoms. The van der Waals surface area contributed by atoms with Gasteiger partial charge < -0.3 is 9.64 Å². The molecular weight excluding hydrogens is 456 g/mol. The first-order valence-electron chi connectivity index (χ1n) is 11.6. The third kappa shape index (κ3) is 5.00. The molecule has 0 aliphatic carbocycles. The average molecular weight is 487 g/mol. The second kappa shape index (κ2) is 10.4. The molecule has 1 amide bonds. The standard InChI is InChI=1S/C24H30N4O3S2/c1-4-10-26(11-5-2)21-18(22(29)27-14-16(3)8-9-20(27)25-21)13-19-23(30)28(24(32)33-19)15-17-7-6-12-31-17/h8-9,13-14,17H,4-7,10-12,15H2,1-3H3/b19-13-/t17-/m1/s1. The molecule has 0 spiro atoms. The Hall–Kier alpha value is -2.23. The summed E-state index contributed by atoms with van der Waals surface area (Å²) >= 11 is 6.75. The van der Waals surface area contributed by atoms with Crippen molar-refractivity contribution in [3.8, 4) is 0 Å². The fraction of sp³-hybridized carbons (Fsp3) is 0.500. The molecule has 4 heterocycles. The molecule has 2 fully saturated rings. The molecule has 2 aliphatic heterocycles. The van der Waals surface area contributed by atoms with E-state index in [4.69, 9.17) is 21.9 Å². The van der Waals surface area contributed by atoms with Crippen molar-refractivity contribution in [2.75, 3.05) is 31.1 Å². The van der Waals surface area contributed by atoms with Gasteiger partial charge >= 0.3 is 0 Å². The van der Waals surface area contributed by atoms with Crippen LogP contribution in [0, 0.1) is 6.92 Å². The monoisotopic (exact) mass is 486 g/mol. The number of ether oxygens (including phenoxy) is 1. The summed E-state index contributed by atoms with van der Waals surface area (Å²) in [4.78, 5) is 35.9. The number of carbonyl (C=O) groups is 1. The number of rotatable bonds is 8. The Balaban J connectivity index is 1.79. The Morgan fingerprint density at radius 1 is 1.27 bits per heavy atom. The van der Waals surface area contributed by atoms with E-state index in [1.54, 1.807) is 21.6 Å².